The maximum atomic E-state index is 11.5. The number of carbonyl (C=O) groups excluding carboxylic acids is 1. The van der Waals surface area contributed by atoms with Crippen LogP contribution in [0, 0.1) is 0 Å². The standard InChI is InChI=1S/C9H14Cl2N4O/c1-14(2)4-3-12-7(16)5-15-6-13-8(10)9(15)11/h6H,3-5H2,1-2H3,(H,12,16). The van der Waals surface area contributed by atoms with Gasteiger partial charge in [-0.2, -0.15) is 0 Å². The van der Waals surface area contributed by atoms with Crippen LogP contribution in [0.15, 0.2) is 6.33 Å². The third-order valence-corrected chi connectivity index (χ3v) is 2.70. The molecule has 0 aliphatic heterocycles. The van der Waals surface area contributed by atoms with Gasteiger partial charge in [0.25, 0.3) is 0 Å². The largest absolute Gasteiger partial charge is 0.353 e. The average Bonchev–Trinajstić information content (AvgIpc) is 2.49. The molecule has 0 saturated heterocycles. The molecule has 5 nitrogen and oxygen atoms in total. The number of halogens is 2. The summed E-state index contributed by atoms with van der Waals surface area (Å²) in [5.74, 6) is -0.113. The zero-order chi connectivity index (χ0) is 12.1. The Morgan fingerprint density at radius 2 is 2.25 bits per heavy atom. The number of nitrogens with one attached hydrogen (secondary N) is 1. The van der Waals surface area contributed by atoms with E-state index in [1.165, 1.54) is 10.9 Å². The number of likely N-dealkylation sites (N-methyl/N-ethyl adjacent to an activating group) is 1. The lowest BCUT2D eigenvalue weighted by Crippen LogP contribution is -2.33. The van der Waals surface area contributed by atoms with Gasteiger partial charge in [-0.1, -0.05) is 23.2 Å². The quantitative estimate of drug-likeness (QED) is 0.859. The smallest absolute Gasteiger partial charge is 0.240 e. The third-order valence-electron chi connectivity index (χ3n) is 1.93. The highest BCUT2D eigenvalue weighted by atomic mass is 35.5. The van der Waals surface area contributed by atoms with Gasteiger partial charge in [0.2, 0.25) is 5.91 Å². The van der Waals surface area contributed by atoms with Gasteiger partial charge in [0, 0.05) is 13.1 Å². The van der Waals surface area contributed by atoms with Crippen LogP contribution in [0.1, 0.15) is 0 Å². The molecular formula is C9H14Cl2N4O. The van der Waals surface area contributed by atoms with E-state index < -0.39 is 0 Å². The maximum Gasteiger partial charge on any atom is 0.240 e. The Labute approximate surface area is 104 Å². The molecule has 1 N–H and O–H groups in total. The molecule has 0 atom stereocenters. The molecule has 7 heteroatoms. The number of amides is 1. The monoisotopic (exact) mass is 264 g/mol. The summed E-state index contributed by atoms with van der Waals surface area (Å²) in [7, 11) is 3.89. The minimum Gasteiger partial charge on any atom is -0.353 e. The molecule has 1 heterocycles. The Balaban J connectivity index is 2.37. The van der Waals surface area contributed by atoms with Crippen LogP contribution in [-0.2, 0) is 11.3 Å². The number of carbonyl (C=O) groups is 1. The lowest BCUT2D eigenvalue weighted by atomic mass is 10.5. The molecule has 16 heavy (non-hydrogen) atoms. The number of nitrogens with zero attached hydrogens (tertiary/aromatic N) is 3. The molecule has 0 spiro atoms. The number of hydrogen-bond acceptors (Lipinski definition) is 3. The van der Waals surface area contributed by atoms with E-state index in [1.54, 1.807) is 0 Å². The predicted octanol–water partition coefficient (Wildman–Crippen LogP) is 0.868. The number of hydrogen-bond donors (Lipinski definition) is 1. The van der Waals surface area contributed by atoms with Crippen molar-refractivity contribution in [2.24, 2.45) is 0 Å². The van der Waals surface area contributed by atoms with Gasteiger partial charge in [-0.15, -0.1) is 0 Å². The topological polar surface area (TPSA) is 50.2 Å². The summed E-state index contributed by atoms with van der Waals surface area (Å²) in [4.78, 5) is 17.2. The van der Waals surface area contributed by atoms with E-state index in [1.807, 2.05) is 19.0 Å². The summed E-state index contributed by atoms with van der Waals surface area (Å²) in [6, 6.07) is 0. The molecule has 0 aliphatic rings. The molecule has 0 aromatic carbocycles. The van der Waals surface area contributed by atoms with E-state index in [0.717, 1.165) is 6.54 Å². The Kier molecular flexibility index (Phi) is 5.05. The van der Waals surface area contributed by atoms with Gasteiger partial charge < -0.3 is 14.8 Å². The normalized spacial score (nSPS) is 10.8. The van der Waals surface area contributed by atoms with Crippen molar-refractivity contribution < 1.29 is 4.79 Å². The highest BCUT2D eigenvalue weighted by molar-refractivity contribution is 6.40. The first kappa shape index (κ1) is 13.3. The van der Waals surface area contributed by atoms with Crippen molar-refractivity contribution in [2.75, 3.05) is 27.2 Å². The van der Waals surface area contributed by atoms with Crippen LogP contribution in [0.3, 0.4) is 0 Å². The molecule has 1 aromatic rings. The summed E-state index contributed by atoms with van der Waals surface area (Å²) in [5, 5.41) is 3.26. The molecule has 0 radical (unpaired) electrons. The van der Waals surface area contributed by atoms with Gasteiger partial charge in [0.05, 0.1) is 6.33 Å². The van der Waals surface area contributed by atoms with Gasteiger partial charge in [-0.05, 0) is 14.1 Å². The molecule has 0 aliphatic carbocycles. The highest BCUT2D eigenvalue weighted by Gasteiger charge is 2.09. The zero-order valence-corrected chi connectivity index (χ0v) is 10.7. The fourth-order valence-corrected chi connectivity index (χ4v) is 1.39. The summed E-state index contributed by atoms with van der Waals surface area (Å²) >= 11 is 11.5. The van der Waals surface area contributed by atoms with Crippen molar-refractivity contribution in [1.29, 1.82) is 0 Å². The second kappa shape index (κ2) is 6.08. The van der Waals surface area contributed by atoms with E-state index in [9.17, 15) is 4.79 Å². The fourth-order valence-electron chi connectivity index (χ4n) is 1.08. The minimum absolute atomic E-state index is 0.113. The van der Waals surface area contributed by atoms with Crippen molar-refractivity contribution in [1.82, 2.24) is 19.8 Å². The number of rotatable bonds is 5. The lowest BCUT2D eigenvalue weighted by molar-refractivity contribution is -0.121. The Bertz CT molecular complexity index is 364. The van der Waals surface area contributed by atoms with Crippen LogP contribution in [0.2, 0.25) is 10.3 Å². The van der Waals surface area contributed by atoms with Gasteiger partial charge in [-0.3, -0.25) is 4.79 Å². The van der Waals surface area contributed by atoms with Gasteiger partial charge in [0.15, 0.2) is 5.15 Å². The first-order valence-electron chi connectivity index (χ1n) is 4.78. The molecule has 1 aromatic heterocycles. The van der Waals surface area contributed by atoms with Crippen LogP contribution in [-0.4, -0.2) is 47.5 Å². The summed E-state index contributed by atoms with van der Waals surface area (Å²) in [6.45, 7) is 1.53. The van der Waals surface area contributed by atoms with Gasteiger partial charge >= 0.3 is 0 Å². The van der Waals surface area contributed by atoms with Crippen molar-refractivity contribution in [3.05, 3.63) is 16.6 Å². The molecule has 0 unspecified atom stereocenters. The van der Waals surface area contributed by atoms with Crippen molar-refractivity contribution in [2.45, 2.75) is 6.54 Å². The third kappa shape index (κ3) is 4.00. The fraction of sp³-hybridized carbons (Fsp3) is 0.556. The maximum absolute atomic E-state index is 11.5. The second-order valence-electron chi connectivity index (χ2n) is 3.61. The average molecular weight is 265 g/mol. The van der Waals surface area contributed by atoms with Crippen molar-refractivity contribution in [3.63, 3.8) is 0 Å². The second-order valence-corrected chi connectivity index (χ2v) is 4.32. The minimum atomic E-state index is -0.113. The van der Waals surface area contributed by atoms with Crippen molar-refractivity contribution in [3.8, 4) is 0 Å². The first-order valence-corrected chi connectivity index (χ1v) is 5.54. The van der Waals surface area contributed by atoms with Crippen LogP contribution < -0.4 is 5.32 Å². The van der Waals surface area contributed by atoms with Crippen molar-refractivity contribution >= 4 is 29.1 Å². The SMILES string of the molecule is CN(C)CCNC(=O)Cn1cnc(Cl)c1Cl. The highest BCUT2D eigenvalue weighted by Crippen LogP contribution is 2.18. The molecule has 90 valence electrons. The van der Waals surface area contributed by atoms with Gasteiger partial charge in [0.1, 0.15) is 11.7 Å². The molecule has 1 amide bonds. The number of imidazole rings is 1. The number of aromatic nitrogens is 2. The molecule has 0 saturated carbocycles. The van der Waals surface area contributed by atoms with E-state index in [4.69, 9.17) is 23.2 Å². The summed E-state index contributed by atoms with van der Waals surface area (Å²) < 4.78 is 1.49. The summed E-state index contributed by atoms with van der Waals surface area (Å²) in [6.07, 6.45) is 1.44. The van der Waals surface area contributed by atoms with E-state index in [-0.39, 0.29) is 22.8 Å². The van der Waals surface area contributed by atoms with E-state index in [0.29, 0.717) is 6.54 Å². The Morgan fingerprint density at radius 1 is 1.56 bits per heavy atom. The summed E-state index contributed by atoms with van der Waals surface area (Å²) in [5.41, 5.74) is 0. The molecular weight excluding hydrogens is 251 g/mol. The molecule has 0 fully saturated rings. The lowest BCUT2D eigenvalue weighted by Gasteiger charge is -2.10. The van der Waals surface area contributed by atoms with E-state index in [2.05, 4.69) is 10.3 Å². The molecule has 1 rings (SSSR count). The Morgan fingerprint density at radius 3 is 2.75 bits per heavy atom. The zero-order valence-electron chi connectivity index (χ0n) is 9.20. The predicted molar refractivity (Wildman–Crippen MR) is 63.8 cm³/mol. The Hall–Kier alpha value is -0.780. The van der Waals surface area contributed by atoms with Gasteiger partial charge in [-0.25, -0.2) is 4.98 Å². The van der Waals surface area contributed by atoms with E-state index >= 15 is 0 Å². The van der Waals surface area contributed by atoms with Crippen LogP contribution in [0.4, 0.5) is 0 Å². The van der Waals surface area contributed by atoms with Crippen LogP contribution in [0.5, 0.6) is 0 Å². The van der Waals surface area contributed by atoms with Crippen LogP contribution >= 0.6 is 23.2 Å². The van der Waals surface area contributed by atoms with Crippen LogP contribution in [0.25, 0.3) is 0 Å². The first-order chi connectivity index (χ1) is 7.50. The molecule has 0 bridgehead atoms.